The van der Waals surface area contributed by atoms with Crippen LogP contribution < -0.4 is 10.1 Å². The van der Waals surface area contributed by atoms with Crippen LogP contribution in [0.5, 0.6) is 5.88 Å². The third kappa shape index (κ3) is 3.92. The van der Waals surface area contributed by atoms with Crippen LogP contribution >= 0.6 is 11.8 Å². The molecule has 1 saturated heterocycles. The smallest absolute Gasteiger partial charge is 0.305 e. The third-order valence-corrected chi connectivity index (χ3v) is 6.43. The lowest BCUT2D eigenvalue weighted by Crippen LogP contribution is -2.59. The Morgan fingerprint density at radius 1 is 1.28 bits per heavy atom. The number of carbonyl (C=O) groups is 2. The minimum Gasteiger partial charge on any atom is -0.481 e. The number of ether oxygens (including phenoxy) is 1. The Labute approximate surface area is 150 Å². The zero-order chi connectivity index (χ0) is 17.4. The molecule has 6 nitrogen and oxygen atoms in total. The van der Waals surface area contributed by atoms with Crippen LogP contribution in [0.25, 0.3) is 0 Å². The molecule has 2 heterocycles. The fraction of sp³-hybridized carbons (Fsp3) is 0.611. The molecular formula is C18H22N2O4S. The molecule has 1 aromatic heterocycles. The van der Waals surface area contributed by atoms with E-state index in [0.29, 0.717) is 41.5 Å². The van der Waals surface area contributed by atoms with E-state index in [4.69, 9.17) is 9.84 Å². The summed E-state index contributed by atoms with van der Waals surface area (Å²) in [6.07, 6.45) is 4.64. The number of amides is 1. The molecule has 0 atom stereocenters. The number of aromatic nitrogens is 1. The molecule has 25 heavy (non-hydrogen) atoms. The van der Waals surface area contributed by atoms with Crippen molar-refractivity contribution in [1.29, 1.82) is 0 Å². The molecule has 0 aromatic carbocycles. The first kappa shape index (κ1) is 16.7. The largest absolute Gasteiger partial charge is 0.481 e. The SMILES string of the molecule is O=C(O)CC1(NC(=O)c2ccc(C3CC3)c(OCC3CC3)n2)CSC1. The van der Waals surface area contributed by atoms with Gasteiger partial charge in [-0.05, 0) is 43.6 Å². The van der Waals surface area contributed by atoms with E-state index in [1.807, 2.05) is 6.07 Å². The molecule has 0 radical (unpaired) electrons. The molecule has 1 amide bonds. The van der Waals surface area contributed by atoms with Crippen LogP contribution in [0.15, 0.2) is 12.1 Å². The van der Waals surface area contributed by atoms with Crippen molar-refractivity contribution in [3.05, 3.63) is 23.4 Å². The number of carboxylic acids is 1. The maximum atomic E-state index is 12.6. The Balaban J connectivity index is 1.49. The van der Waals surface area contributed by atoms with E-state index in [9.17, 15) is 9.59 Å². The van der Waals surface area contributed by atoms with Crippen LogP contribution in [0, 0.1) is 5.92 Å². The first-order valence-corrected chi connectivity index (χ1v) is 9.96. The van der Waals surface area contributed by atoms with E-state index in [1.165, 1.54) is 12.8 Å². The average molecular weight is 362 g/mol. The lowest BCUT2D eigenvalue weighted by atomic mass is 9.98. The van der Waals surface area contributed by atoms with Gasteiger partial charge in [0.05, 0.1) is 18.6 Å². The topological polar surface area (TPSA) is 88.5 Å². The molecule has 0 bridgehead atoms. The molecular weight excluding hydrogens is 340 g/mol. The highest BCUT2D eigenvalue weighted by Gasteiger charge is 2.41. The van der Waals surface area contributed by atoms with Gasteiger partial charge in [-0.3, -0.25) is 9.59 Å². The van der Waals surface area contributed by atoms with Gasteiger partial charge in [0.15, 0.2) is 0 Å². The number of rotatable bonds is 8. The molecule has 0 unspecified atom stereocenters. The van der Waals surface area contributed by atoms with Gasteiger partial charge in [0.1, 0.15) is 5.69 Å². The molecule has 7 heteroatoms. The Bertz CT molecular complexity index is 696. The van der Waals surface area contributed by atoms with Gasteiger partial charge in [-0.2, -0.15) is 11.8 Å². The van der Waals surface area contributed by atoms with Crippen molar-refractivity contribution in [2.75, 3.05) is 18.1 Å². The molecule has 1 aliphatic heterocycles. The summed E-state index contributed by atoms with van der Waals surface area (Å²) in [4.78, 5) is 28.1. The highest BCUT2D eigenvalue weighted by Crippen LogP contribution is 2.44. The van der Waals surface area contributed by atoms with Crippen molar-refractivity contribution in [3.8, 4) is 5.88 Å². The highest BCUT2D eigenvalue weighted by atomic mass is 32.2. The second-order valence-corrected chi connectivity index (χ2v) is 8.40. The second-order valence-electron chi connectivity index (χ2n) is 7.42. The molecule has 2 saturated carbocycles. The molecule has 134 valence electrons. The first-order chi connectivity index (χ1) is 12.0. The van der Waals surface area contributed by atoms with E-state index < -0.39 is 11.5 Å². The molecule has 3 fully saturated rings. The fourth-order valence-corrected chi connectivity index (χ4v) is 4.09. The predicted molar refractivity (Wildman–Crippen MR) is 94.2 cm³/mol. The predicted octanol–water partition coefficient (Wildman–Crippen LogP) is 2.44. The van der Waals surface area contributed by atoms with Crippen LogP contribution in [0.1, 0.15) is 54.1 Å². The number of hydrogen-bond acceptors (Lipinski definition) is 5. The van der Waals surface area contributed by atoms with Crippen molar-refractivity contribution in [2.45, 2.75) is 43.6 Å². The van der Waals surface area contributed by atoms with Gasteiger partial charge in [0.25, 0.3) is 5.91 Å². The summed E-state index contributed by atoms with van der Waals surface area (Å²) in [6.45, 7) is 0.664. The first-order valence-electron chi connectivity index (χ1n) is 8.80. The maximum Gasteiger partial charge on any atom is 0.305 e. The molecule has 3 aliphatic rings. The molecule has 2 aliphatic carbocycles. The van der Waals surface area contributed by atoms with Crippen LogP contribution in [0.2, 0.25) is 0 Å². The summed E-state index contributed by atoms with van der Waals surface area (Å²) < 4.78 is 5.90. The van der Waals surface area contributed by atoms with Crippen LogP contribution in [0.4, 0.5) is 0 Å². The zero-order valence-corrected chi connectivity index (χ0v) is 14.8. The standard InChI is InChI=1S/C18H22N2O4S/c21-15(22)7-18(9-25-10-18)20-16(23)14-6-5-13(12-3-4-12)17(19-14)24-8-11-1-2-11/h5-6,11-12H,1-4,7-10H2,(H,20,23)(H,21,22). The summed E-state index contributed by atoms with van der Waals surface area (Å²) in [5, 5.41) is 12.0. The number of hydrogen-bond donors (Lipinski definition) is 2. The van der Waals surface area contributed by atoms with E-state index in [-0.39, 0.29) is 12.3 Å². The highest BCUT2D eigenvalue weighted by molar-refractivity contribution is 8.00. The Morgan fingerprint density at radius 3 is 2.60 bits per heavy atom. The summed E-state index contributed by atoms with van der Waals surface area (Å²) >= 11 is 1.64. The van der Waals surface area contributed by atoms with Crippen molar-refractivity contribution in [3.63, 3.8) is 0 Å². The number of nitrogens with one attached hydrogen (secondary N) is 1. The fourth-order valence-electron chi connectivity index (χ4n) is 3.04. The minimum absolute atomic E-state index is 0.0586. The lowest BCUT2D eigenvalue weighted by molar-refractivity contribution is -0.138. The van der Waals surface area contributed by atoms with Crippen molar-refractivity contribution >= 4 is 23.6 Å². The molecule has 0 spiro atoms. The van der Waals surface area contributed by atoms with Gasteiger partial charge in [-0.25, -0.2) is 4.98 Å². The summed E-state index contributed by atoms with van der Waals surface area (Å²) in [7, 11) is 0. The van der Waals surface area contributed by atoms with Crippen molar-refractivity contribution < 1.29 is 19.4 Å². The van der Waals surface area contributed by atoms with Gasteiger partial charge in [0, 0.05) is 17.1 Å². The maximum absolute atomic E-state index is 12.6. The second kappa shape index (κ2) is 6.52. The van der Waals surface area contributed by atoms with Crippen molar-refractivity contribution in [1.82, 2.24) is 10.3 Å². The van der Waals surface area contributed by atoms with E-state index in [2.05, 4.69) is 10.3 Å². The molecule has 4 rings (SSSR count). The van der Waals surface area contributed by atoms with Gasteiger partial charge in [-0.1, -0.05) is 6.07 Å². The summed E-state index contributed by atoms with van der Waals surface area (Å²) in [6, 6.07) is 3.68. The lowest BCUT2D eigenvalue weighted by Gasteiger charge is -2.40. The number of aliphatic carboxylic acids is 1. The number of nitrogens with zero attached hydrogens (tertiary/aromatic N) is 1. The quantitative estimate of drug-likeness (QED) is 0.738. The van der Waals surface area contributed by atoms with Crippen LogP contribution in [0.3, 0.4) is 0 Å². The van der Waals surface area contributed by atoms with Crippen molar-refractivity contribution in [2.24, 2.45) is 5.92 Å². The average Bonchev–Trinajstić information content (AvgIpc) is 3.44. The third-order valence-electron chi connectivity index (χ3n) is 4.92. The summed E-state index contributed by atoms with van der Waals surface area (Å²) in [5.74, 6) is 1.73. The minimum atomic E-state index is -0.897. The number of pyridine rings is 1. The Kier molecular flexibility index (Phi) is 4.35. The number of carbonyl (C=O) groups excluding carboxylic acids is 1. The zero-order valence-electron chi connectivity index (χ0n) is 14.0. The van der Waals surface area contributed by atoms with E-state index >= 15 is 0 Å². The number of thioether (sulfide) groups is 1. The monoisotopic (exact) mass is 362 g/mol. The number of carboxylic acid groups (broad SMARTS) is 1. The van der Waals surface area contributed by atoms with E-state index in [0.717, 1.165) is 18.4 Å². The molecule has 2 N–H and O–H groups in total. The van der Waals surface area contributed by atoms with Crippen LogP contribution in [-0.4, -0.2) is 45.6 Å². The van der Waals surface area contributed by atoms with Crippen LogP contribution in [-0.2, 0) is 4.79 Å². The molecule has 1 aromatic rings. The van der Waals surface area contributed by atoms with Gasteiger partial charge in [0.2, 0.25) is 5.88 Å². The van der Waals surface area contributed by atoms with Gasteiger partial charge < -0.3 is 15.2 Å². The van der Waals surface area contributed by atoms with E-state index in [1.54, 1.807) is 17.8 Å². The summed E-state index contributed by atoms with van der Waals surface area (Å²) in [5.41, 5.74) is 0.743. The van der Waals surface area contributed by atoms with Gasteiger partial charge >= 0.3 is 5.97 Å². The normalized spacial score (nSPS) is 21.3. The Hall–Kier alpha value is -1.76. The van der Waals surface area contributed by atoms with Gasteiger partial charge in [-0.15, -0.1) is 0 Å². The Morgan fingerprint density at radius 2 is 2.04 bits per heavy atom.